The number of ether oxygens (including phenoxy) is 3. The van der Waals surface area contributed by atoms with Gasteiger partial charge >= 0.3 is 13.7 Å². The van der Waals surface area contributed by atoms with Crippen molar-refractivity contribution in [3.05, 3.63) is 36.7 Å². The Morgan fingerprint density at radius 1 is 1.24 bits per heavy atom. The number of nitrogen functional groups attached to an aromatic ring is 1. The summed E-state index contributed by atoms with van der Waals surface area (Å²) in [4.78, 5) is 25.0. The Morgan fingerprint density at radius 3 is 2.64 bits per heavy atom. The summed E-state index contributed by atoms with van der Waals surface area (Å²) < 4.78 is 74.9. The van der Waals surface area contributed by atoms with Crippen LogP contribution >= 0.6 is 7.75 Å². The number of carbonyl (C=O) groups excluding carboxylic acids is 1. The standard InChI is InChI=1S/C28H37F2N6O8P/c1-4-40-22-20-21(33-26(31)34-22)36(16-32-20)25-27(3,29)24(38)28(30,43-25)15-41-45(39,44-19-13-9-6-10-14-19)35-17(2)23(37)42-18-11-7-5-8-12-18/h6,9-10,13-14,16-18,24-25,38H,4-5,7-8,11-12,15H2,1-3H3,(H,35,39)(H2,31,33,34)/t17?,24-,25+,27+,28+,45-/m0/s1. The van der Waals surface area contributed by atoms with Crippen molar-refractivity contribution in [2.75, 3.05) is 18.9 Å². The van der Waals surface area contributed by atoms with Crippen molar-refractivity contribution >= 4 is 30.8 Å². The minimum atomic E-state index is -4.58. The summed E-state index contributed by atoms with van der Waals surface area (Å²) in [6.07, 6.45) is 0.910. The summed E-state index contributed by atoms with van der Waals surface area (Å²) in [6, 6.07) is 6.63. The van der Waals surface area contributed by atoms with Gasteiger partial charge in [-0.05, 0) is 58.6 Å². The van der Waals surface area contributed by atoms with Gasteiger partial charge in [0.25, 0.3) is 5.85 Å². The van der Waals surface area contributed by atoms with Gasteiger partial charge in [0.1, 0.15) is 24.5 Å². The number of anilines is 1. The number of imidazole rings is 1. The lowest BCUT2D eigenvalue weighted by atomic mass is 9.97. The number of aliphatic hydroxyl groups excluding tert-OH is 1. The number of aromatic nitrogens is 4. The minimum Gasteiger partial charge on any atom is -0.476 e. The van der Waals surface area contributed by atoms with E-state index in [2.05, 4.69) is 20.0 Å². The fourth-order valence-electron chi connectivity index (χ4n) is 5.30. The third kappa shape index (κ3) is 7.04. The van der Waals surface area contributed by atoms with E-state index in [4.69, 9.17) is 29.0 Å². The van der Waals surface area contributed by atoms with Crippen molar-refractivity contribution in [2.24, 2.45) is 0 Å². The van der Waals surface area contributed by atoms with E-state index in [1.54, 1.807) is 25.1 Å². The van der Waals surface area contributed by atoms with Crippen LogP contribution < -0.4 is 20.1 Å². The average Bonchev–Trinajstić information content (AvgIpc) is 3.50. The molecule has 1 aromatic carbocycles. The Balaban J connectivity index is 1.37. The number of nitrogens with two attached hydrogens (primary N) is 1. The van der Waals surface area contributed by atoms with Gasteiger partial charge in [-0.15, -0.1) is 0 Å². The SMILES string of the molecule is CCOc1nc(N)nc2c1ncn2[C@@H]1O[C@](F)(CO[P@@](=O)(NC(C)C(=O)OC2CCCCC2)Oc2ccccc2)[C@@H](O)[C@@]1(C)F. The first-order valence-corrected chi connectivity index (χ1v) is 16.2. The summed E-state index contributed by atoms with van der Waals surface area (Å²) in [6.45, 7) is 2.98. The zero-order valence-electron chi connectivity index (χ0n) is 25.1. The second kappa shape index (κ2) is 13.1. The number of alkyl halides is 2. The minimum absolute atomic E-state index is 0.0221. The van der Waals surface area contributed by atoms with Gasteiger partial charge in [0.2, 0.25) is 11.8 Å². The first-order valence-electron chi connectivity index (χ1n) is 14.7. The number of halogens is 2. The average molecular weight is 655 g/mol. The molecule has 17 heteroatoms. The van der Waals surface area contributed by atoms with Gasteiger partial charge in [-0.1, -0.05) is 24.6 Å². The molecule has 2 fully saturated rings. The van der Waals surface area contributed by atoms with Crippen molar-refractivity contribution in [1.29, 1.82) is 0 Å². The molecule has 3 aromatic rings. The van der Waals surface area contributed by atoms with E-state index in [-0.39, 0.29) is 41.5 Å². The maximum Gasteiger partial charge on any atom is 0.459 e. The molecule has 4 N–H and O–H groups in total. The number of fused-ring (bicyclic) bond motifs is 1. The molecule has 0 bridgehead atoms. The molecule has 2 aromatic heterocycles. The number of carbonyl (C=O) groups is 1. The maximum atomic E-state index is 16.3. The monoisotopic (exact) mass is 654 g/mol. The van der Waals surface area contributed by atoms with E-state index in [9.17, 15) is 14.5 Å². The Bertz CT molecular complexity index is 1540. The molecule has 2 aliphatic rings. The Labute approximate surface area is 258 Å². The summed E-state index contributed by atoms with van der Waals surface area (Å²) in [7, 11) is -4.58. The van der Waals surface area contributed by atoms with Crippen molar-refractivity contribution in [2.45, 2.75) is 88.9 Å². The molecule has 1 aliphatic heterocycles. The molecular weight excluding hydrogens is 617 g/mol. The number of hydrogen-bond acceptors (Lipinski definition) is 12. The highest BCUT2D eigenvalue weighted by molar-refractivity contribution is 7.52. The third-order valence-corrected chi connectivity index (χ3v) is 9.24. The van der Waals surface area contributed by atoms with Crippen LogP contribution in [0.2, 0.25) is 0 Å². The molecule has 6 atom stereocenters. The first kappa shape index (κ1) is 32.9. The maximum absolute atomic E-state index is 16.3. The molecule has 45 heavy (non-hydrogen) atoms. The molecule has 3 heterocycles. The van der Waals surface area contributed by atoms with E-state index < -0.39 is 50.2 Å². The number of aliphatic hydroxyl groups is 1. The number of benzene rings is 1. The molecule has 0 radical (unpaired) electrons. The van der Waals surface area contributed by atoms with E-state index in [0.717, 1.165) is 37.1 Å². The normalized spacial score (nSPS) is 27.6. The van der Waals surface area contributed by atoms with E-state index in [0.29, 0.717) is 12.8 Å². The molecule has 0 amide bonds. The summed E-state index contributed by atoms with van der Waals surface area (Å²) in [5.74, 6) is -4.08. The number of hydrogen-bond donors (Lipinski definition) is 3. The fourth-order valence-corrected chi connectivity index (χ4v) is 6.81. The largest absolute Gasteiger partial charge is 0.476 e. The van der Waals surface area contributed by atoms with Gasteiger partial charge in [-0.3, -0.25) is 13.9 Å². The van der Waals surface area contributed by atoms with Crippen LogP contribution in [-0.4, -0.2) is 73.6 Å². The van der Waals surface area contributed by atoms with Crippen molar-refractivity contribution < 1.29 is 46.5 Å². The second-order valence-electron chi connectivity index (χ2n) is 11.2. The van der Waals surface area contributed by atoms with Crippen LogP contribution in [-0.2, 0) is 23.4 Å². The van der Waals surface area contributed by atoms with Crippen LogP contribution in [0.15, 0.2) is 36.7 Å². The lowest BCUT2D eigenvalue weighted by Crippen LogP contribution is -2.47. The van der Waals surface area contributed by atoms with Crippen LogP contribution in [0.25, 0.3) is 11.2 Å². The van der Waals surface area contributed by atoms with Crippen LogP contribution in [0.3, 0.4) is 0 Å². The van der Waals surface area contributed by atoms with E-state index in [1.807, 2.05) is 0 Å². The van der Waals surface area contributed by atoms with E-state index >= 15 is 8.78 Å². The van der Waals surface area contributed by atoms with Crippen LogP contribution in [0.5, 0.6) is 11.6 Å². The molecule has 14 nitrogen and oxygen atoms in total. The lowest BCUT2D eigenvalue weighted by molar-refractivity contribution is -0.202. The molecule has 246 valence electrons. The Hall–Kier alpha value is -3.43. The quantitative estimate of drug-likeness (QED) is 0.187. The third-order valence-electron chi connectivity index (χ3n) is 7.61. The number of esters is 1. The first-order chi connectivity index (χ1) is 21.3. The van der Waals surface area contributed by atoms with Crippen molar-refractivity contribution in [3.63, 3.8) is 0 Å². The molecule has 1 aliphatic carbocycles. The number of rotatable bonds is 12. The van der Waals surface area contributed by atoms with Gasteiger partial charge in [0.15, 0.2) is 29.2 Å². The van der Waals surface area contributed by atoms with Crippen molar-refractivity contribution in [1.82, 2.24) is 24.6 Å². The molecule has 1 saturated carbocycles. The highest BCUT2D eigenvalue weighted by atomic mass is 31.2. The zero-order valence-corrected chi connectivity index (χ0v) is 26.0. The van der Waals surface area contributed by atoms with Crippen molar-refractivity contribution in [3.8, 4) is 11.6 Å². The highest BCUT2D eigenvalue weighted by Crippen LogP contribution is 2.52. The zero-order chi connectivity index (χ0) is 32.4. The predicted octanol–water partition coefficient (Wildman–Crippen LogP) is 4.15. The molecular formula is C28H37F2N6O8P. The molecule has 5 rings (SSSR count). The number of nitrogens with one attached hydrogen (secondary N) is 1. The number of nitrogens with zero attached hydrogens (tertiary/aromatic N) is 4. The van der Waals surface area contributed by atoms with Gasteiger partial charge < -0.3 is 29.6 Å². The van der Waals surface area contributed by atoms with Gasteiger partial charge in [-0.2, -0.15) is 15.1 Å². The van der Waals surface area contributed by atoms with Crippen LogP contribution in [0, 0.1) is 0 Å². The van der Waals surface area contributed by atoms with Gasteiger partial charge in [-0.25, -0.2) is 18.3 Å². The number of para-hydroxylation sites is 1. The van der Waals surface area contributed by atoms with Gasteiger partial charge in [0, 0.05) is 0 Å². The van der Waals surface area contributed by atoms with Crippen LogP contribution in [0.4, 0.5) is 14.7 Å². The second-order valence-corrected chi connectivity index (χ2v) is 12.9. The predicted molar refractivity (Wildman–Crippen MR) is 157 cm³/mol. The molecule has 1 saturated heterocycles. The topological polar surface area (TPSA) is 182 Å². The van der Waals surface area contributed by atoms with Gasteiger partial charge in [0.05, 0.1) is 12.9 Å². The summed E-state index contributed by atoms with van der Waals surface area (Å²) >= 11 is 0. The van der Waals surface area contributed by atoms with Crippen LogP contribution in [0.1, 0.15) is 59.1 Å². The molecule has 0 spiro atoms. The molecule has 1 unspecified atom stereocenters. The lowest BCUT2D eigenvalue weighted by Gasteiger charge is -2.28. The Kier molecular flexibility index (Phi) is 9.61. The fraction of sp³-hybridized carbons (Fsp3) is 0.571. The summed E-state index contributed by atoms with van der Waals surface area (Å²) in [5.41, 5.74) is 3.07. The van der Waals surface area contributed by atoms with E-state index in [1.165, 1.54) is 19.1 Å². The smallest absolute Gasteiger partial charge is 0.459 e. The Morgan fingerprint density at radius 2 is 1.96 bits per heavy atom. The summed E-state index contributed by atoms with van der Waals surface area (Å²) in [5, 5.41) is 13.3. The highest BCUT2D eigenvalue weighted by Gasteiger charge is 2.65.